The number of hydrogen-bond donors (Lipinski definition) is 3. The molecule has 1 aromatic carbocycles. The summed E-state index contributed by atoms with van der Waals surface area (Å²) in [5, 5.41) is 17.5. The van der Waals surface area contributed by atoms with Crippen LogP contribution in [0.1, 0.15) is 22.8 Å². The van der Waals surface area contributed by atoms with Crippen molar-refractivity contribution in [3.05, 3.63) is 35.4 Å². The van der Waals surface area contributed by atoms with Crippen molar-refractivity contribution >= 4 is 16.0 Å². The van der Waals surface area contributed by atoms with Gasteiger partial charge in [-0.3, -0.25) is 0 Å². The number of carbonyl (C=O) groups is 1. The fourth-order valence-corrected chi connectivity index (χ4v) is 2.62. The van der Waals surface area contributed by atoms with Crippen molar-refractivity contribution in [2.45, 2.75) is 12.7 Å². The number of carboxylic acids is 1. The Bertz CT molecular complexity index is 524. The Kier molecular flexibility index (Phi) is 5.46. The van der Waals surface area contributed by atoms with E-state index in [9.17, 15) is 13.2 Å². The molecule has 1 rings (SSSR count). The van der Waals surface area contributed by atoms with Crippen LogP contribution in [-0.2, 0) is 15.8 Å². The summed E-state index contributed by atoms with van der Waals surface area (Å²) in [7, 11) is -3.48. The fourth-order valence-electron chi connectivity index (χ4n) is 1.35. The van der Waals surface area contributed by atoms with Crippen molar-refractivity contribution in [3.63, 3.8) is 0 Å². The maximum atomic E-state index is 11.7. The first-order valence-corrected chi connectivity index (χ1v) is 7.39. The summed E-state index contributed by atoms with van der Waals surface area (Å²) in [6, 6.07) is 5.67. The van der Waals surface area contributed by atoms with Gasteiger partial charge in [0.25, 0.3) is 0 Å². The van der Waals surface area contributed by atoms with E-state index < -0.39 is 16.0 Å². The number of nitrogens with one attached hydrogen (secondary N) is 1. The van der Waals surface area contributed by atoms with Crippen LogP contribution in [0.4, 0.5) is 0 Å². The molecule has 106 valence electrons. The number of sulfonamides is 1. The zero-order valence-electron chi connectivity index (χ0n) is 10.5. The predicted octanol–water partition coefficient (Wildman–Crippen LogP) is 0.433. The molecule has 0 radical (unpaired) electrons. The first kappa shape index (κ1) is 15.6. The summed E-state index contributed by atoms with van der Waals surface area (Å²) < 4.78 is 25.9. The van der Waals surface area contributed by atoms with Gasteiger partial charge >= 0.3 is 5.97 Å². The van der Waals surface area contributed by atoms with Crippen molar-refractivity contribution in [2.75, 3.05) is 13.2 Å². The second kappa shape index (κ2) is 6.65. The van der Waals surface area contributed by atoms with Crippen LogP contribution in [0.2, 0.25) is 0 Å². The summed E-state index contributed by atoms with van der Waals surface area (Å²) in [4.78, 5) is 10.7. The molecule has 0 aliphatic carbocycles. The van der Waals surface area contributed by atoms with Crippen LogP contribution in [0.15, 0.2) is 24.3 Å². The van der Waals surface area contributed by atoms with Gasteiger partial charge in [-0.1, -0.05) is 19.1 Å². The first-order chi connectivity index (χ1) is 8.84. The van der Waals surface area contributed by atoms with Crippen molar-refractivity contribution in [1.29, 1.82) is 0 Å². The highest BCUT2D eigenvalue weighted by atomic mass is 32.2. The van der Waals surface area contributed by atoms with Gasteiger partial charge in [0.05, 0.1) is 11.3 Å². The number of aliphatic hydroxyl groups excluding tert-OH is 1. The second-order valence-electron chi connectivity index (χ2n) is 4.40. The van der Waals surface area contributed by atoms with E-state index in [4.69, 9.17) is 10.2 Å². The molecule has 19 heavy (non-hydrogen) atoms. The lowest BCUT2D eigenvalue weighted by Crippen LogP contribution is -2.30. The number of carboxylic acid groups (broad SMARTS) is 1. The molecule has 0 aliphatic heterocycles. The van der Waals surface area contributed by atoms with Crippen LogP contribution in [0.25, 0.3) is 0 Å². The molecule has 0 fully saturated rings. The topological polar surface area (TPSA) is 104 Å². The molecule has 0 saturated heterocycles. The Balaban J connectivity index is 2.65. The van der Waals surface area contributed by atoms with Crippen molar-refractivity contribution in [3.8, 4) is 0 Å². The van der Waals surface area contributed by atoms with E-state index in [2.05, 4.69) is 4.72 Å². The van der Waals surface area contributed by atoms with Crippen LogP contribution in [0.5, 0.6) is 0 Å². The van der Waals surface area contributed by atoms with Crippen molar-refractivity contribution in [2.24, 2.45) is 5.92 Å². The Morgan fingerprint density at radius 1 is 1.32 bits per heavy atom. The summed E-state index contributed by atoms with van der Waals surface area (Å²) in [5.74, 6) is -1.42. The molecule has 3 N–H and O–H groups in total. The predicted molar refractivity (Wildman–Crippen MR) is 70.3 cm³/mol. The molecule has 0 bridgehead atoms. The lowest BCUT2D eigenvalue weighted by Gasteiger charge is -2.10. The van der Waals surface area contributed by atoms with Gasteiger partial charge in [-0.15, -0.1) is 0 Å². The molecule has 1 aromatic rings. The summed E-state index contributed by atoms with van der Waals surface area (Å²) in [5.41, 5.74) is 0.622. The summed E-state index contributed by atoms with van der Waals surface area (Å²) in [6.45, 7) is 1.81. The number of aliphatic hydroxyl groups is 1. The van der Waals surface area contributed by atoms with Crippen LogP contribution >= 0.6 is 0 Å². The van der Waals surface area contributed by atoms with Gasteiger partial charge in [0.2, 0.25) is 10.0 Å². The first-order valence-electron chi connectivity index (χ1n) is 5.74. The van der Waals surface area contributed by atoms with E-state index in [0.29, 0.717) is 5.56 Å². The average Bonchev–Trinajstić information content (AvgIpc) is 2.36. The van der Waals surface area contributed by atoms with Gasteiger partial charge in [0.1, 0.15) is 0 Å². The van der Waals surface area contributed by atoms with Gasteiger partial charge < -0.3 is 10.2 Å². The Hall–Kier alpha value is -1.44. The minimum atomic E-state index is -3.48. The summed E-state index contributed by atoms with van der Waals surface area (Å²) >= 11 is 0. The third kappa shape index (κ3) is 5.37. The van der Waals surface area contributed by atoms with Crippen molar-refractivity contribution < 1.29 is 23.4 Å². The molecule has 7 heteroatoms. The van der Waals surface area contributed by atoms with Gasteiger partial charge in [0.15, 0.2) is 0 Å². The third-order valence-corrected chi connectivity index (χ3v) is 3.84. The maximum absolute atomic E-state index is 11.7. The normalized spacial score (nSPS) is 13.2. The zero-order chi connectivity index (χ0) is 14.5. The van der Waals surface area contributed by atoms with E-state index >= 15 is 0 Å². The highest BCUT2D eigenvalue weighted by molar-refractivity contribution is 7.88. The van der Waals surface area contributed by atoms with Crippen LogP contribution in [-0.4, -0.2) is 37.8 Å². The SMILES string of the molecule is CC(CO)CNS(=O)(=O)Cc1ccc(C(=O)O)cc1. The molecule has 1 unspecified atom stereocenters. The Morgan fingerprint density at radius 2 is 1.89 bits per heavy atom. The number of rotatable bonds is 7. The van der Waals surface area contributed by atoms with E-state index in [1.54, 1.807) is 6.92 Å². The lowest BCUT2D eigenvalue weighted by molar-refractivity contribution is 0.0697. The quantitative estimate of drug-likeness (QED) is 0.675. The second-order valence-corrected chi connectivity index (χ2v) is 6.20. The molecule has 6 nitrogen and oxygen atoms in total. The van der Waals surface area contributed by atoms with Crippen LogP contribution in [0, 0.1) is 5.92 Å². The molecule has 0 heterocycles. The Labute approximate surface area is 112 Å². The number of aromatic carboxylic acids is 1. The molecule has 0 saturated carbocycles. The molecule has 0 aromatic heterocycles. The monoisotopic (exact) mass is 287 g/mol. The van der Waals surface area contributed by atoms with Gasteiger partial charge in [-0.2, -0.15) is 0 Å². The van der Waals surface area contributed by atoms with E-state index in [1.165, 1.54) is 24.3 Å². The highest BCUT2D eigenvalue weighted by Gasteiger charge is 2.13. The largest absolute Gasteiger partial charge is 0.478 e. The lowest BCUT2D eigenvalue weighted by atomic mass is 10.1. The molecular formula is C12H17NO5S. The van der Waals surface area contributed by atoms with Gasteiger partial charge in [-0.05, 0) is 23.6 Å². The molecule has 0 aliphatic rings. The zero-order valence-corrected chi connectivity index (χ0v) is 11.4. The maximum Gasteiger partial charge on any atom is 0.335 e. The van der Waals surface area contributed by atoms with E-state index in [-0.39, 0.29) is 30.4 Å². The Morgan fingerprint density at radius 3 is 2.37 bits per heavy atom. The molecule has 1 atom stereocenters. The van der Waals surface area contributed by atoms with E-state index in [1.807, 2.05) is 0 Å². The third-order valence-electron chi connectivity index (χ3n) is 2.52. The fraction of sp³-hybridized carbons (Fsp3) is 0.417. The average molecular weight is 287 g/mol. The minimum Gasteiger partial charge on any atom is -0.478 e. The number of hydrogen-bond acceptors (Lipinski definition) is 4. The highest BCUT2D eigenvalue weighted by Crippen LogP contribution is 2.08. The van der Waals surface area contributed by atoms with Gasteiger partial charge in [0, 0.05) is 13.2 Å². The molecule has 0 amide bonds. The van der Waals surface area contributed by atoms with Crippen molar-refractivity contribution in [1.82, 2.24) is 4.72 Å². The summed E-state index contributed by atoms with van der Waals surface area (Å²) in [6.07, 6.45) is 0. The van der Waals surface area contributed by atoms with Crippen LogP contribution < -0.4 is 4.72 Å². The molecular weight excluding hydrogens is 270 g/mol. The van der Waals surface area contributed by atoms with Crippen LogP contribution in [0.3, 0.4) is 0 Å². The minimum absolute atomic E-state index is 0.0875. The van der Waals surface area contributed by atoms with E-state index in [0.717, 1.165) is 0 Å². The number of benzene rings is 1. The van der Waals surface area contributed by atoms with Gasteiger partial charge in [-0.25, -0.2) is 17.9 Å². The smallest absolute Gasteiger partial charge is 0.335 e. The standard InChI is InChI=1S/C12H17NO5S/c1-9(7-14)6-13-19(17,18)8-10-2-4-11(5-3-10)12(15)16/h2-5,9,13-14H,6-8H2,1H3,(H,15,16). The molecule has 0 spiro atoms.